The average molecular weight is 255 g/mol. The summed E-state index contributed by atoms with van der Waals surface area (Å²) in [4.78, 5) is 0. The predicted molar refractivity (Wildman–Crippen MR) is 58.7 cm³/mol. The van der Waals surface area contributed by atoms with Gasteiger partial charge in [-0.3, -0.25) is 0 Å². The molecule has 0 amide bonds. The molecule has 0 aliphatic rings. The van der Waals surface area contributed by atoms with Gasteiger partial charge < -0.3 is 0 Å². The zero-order chi connectivity index (χ0) is 9.12. The summed E-state index contributed by atoms with van der Waals surface area (Å²) < 4.78 is 7.21. The maximum atomic E-state index is 3.60. The number of nitrogens with one attached hydrogen (secondary N) is 2. The predicted octanol–water partition coefficient (Wildman–Crippen LogP) is 1.37. The normalized spacial score (nSPS) is 13.6. The van der Waals surface area contributed by atoms with Gasteiger partial charge in [-0.25, -0.2) is 0 Å². The van der Waals surface area contributed by atoms with Gasteiger partial charge in [-0.15, -0.1) is 0 Å². The van der Waals surface area contributed by atoms with E-state index in [0.717, 1.165) is 0 Å². The number of hydrogen-bond donors (Lipinski definition) is 2. The van der Waals surface area contributed by atoms with Crippen molar-refractivity contribution in [2.75, 3.05) is 0 Å². The molecule has 68 valence electrons. The Morgan fingerprint density at radius 2 is 1.00 bits per heavy atom. The van der Waals surface area contributed by atoms with Crippen LogP contribution in [0.4, 0.5) is 0 Å². The third-order valence-electron chi connectivity index (χ3n) is 0.714. The van der Waals surface area contributed by atoms with E-state index in [1.54, 1.807) is 0 Å². The molecule has 0 unspecified atom stereocenters. The molecule has 0 heterocycles. The van der Waals surface area contributed by atoms with Crippen molar-refractivity contribution in [1.29, 1.82) is 0 Å². The Kier molecular flexibility index (Phi) is 4.54. The quantitative estimate of drug-likeness (QED) is 0.741. The molecule has 0 atom stereocenters. The van der Waals surface area contributed by atoms with Gasteiger partial charge in [0, 0.05) is 0 Å². The molecule has 5 heteroatoms. The van der Waals surface area contributed by atoms with Crippen LogP contribution in [0.1, 0.15) is 0 Å². The van der Waals surface area contributed by atoms with E-state index in [1.807, 2.05) is 0 Å². The minimum atomic E-state index is -1.02. The van der Waals surface area contributed by atoms with Crippen LogP contribution in [-0.2, 0) is 0 Å². The fourth-order valence-corrected chi connectivity index (χ4v) is 5.97. The molecule has 2 N–H and O–H groups in total. The Hall–Kier alpha value is 0.873. The summed E-state index contributed by atoms with van der Waals surface area (Å²) in [7, 11) is -2.04. The van der Waals surface area contributed by atoms with E-state index in [9.17, 15) is 0 Å². The van der Waals surface area contributed by atoms with Gasteiger partial charge in [0.15, 0.2) is 0 Å². The van der Waals surface area contributed by atoms with E-state index in [-0.39, 0.29) is 0 Å². The third-order valence-corrected chi connectivity index (χ3v) is 11.1. The minimum absolute atomic E-state index is 0.467. The van der Waals surface area contributed by atoms with Crippen LogP contribution in [0.3, 0.4) is 0 Å². The van der Waals surface area contributed by atoms with Crippen LogP contribution >= 0.6 is 0 Å². The van der Waals surface area contributed by atoms with Gasteiger partial charge in [-0.2, -0.15) is 0 Å². The second kappa shape index (κ2) is 4.21. The number of hydrogen-bond acceptors (Lipinski definition) is 2. The second-order valence-electron chi connectivity index (χ2n) is 4.81. The van der Waals surface area contributed by atoms with Crippen molar-refractivity contribution >= 4 is 31.9 Å². The Bertz CT molecular complexity index is 103. The van der Waals surface area contributed by atoms with Crippen molar-refractivity contribution in [3.8, 4) is 0 Å². The van der Waals surface area contributed by atoms with Gasteiger partial charge in [-0.1, -0.05) is 0 Å². The Balaban J connectivity index is 3.44. The molecule has 0 radical (unpaired) electrons. The molecule has 0 aliphatic heterocycles. The molecule has 0 aromatic rings. The van der Waals surface area contributed by atoms with Crippen LogP contribution < -0.4 is 8.00 Å². The van der Waals surface area contributed by atoms with Crippen molar-refractivity contribution in [3.63, 3.8) is 0 Å². The molecule has 11 heavy (non-hydrogen) atoms. The van der Waals surface area contributed by atoms with Crippen LogP contribution in [0.25, 0.3) is 0 Å². The van der Waals surface area contributed by atoms with E-state index in [4.69, 9.17) is 0 Å². The van der Waals surface area contributed by atoms with Gasteiger partial charge in [0.25, 0.3) is 0 Å². The van der Waals surface area contributed by atoms with Crippen LogP contribution in [0.2, 0.25) is 39.3 Å². The summed E-state index contributed by atoms with van der Waals surface area (Å²) in [6.45, 7) is 14.0. The topological polar surface area (TPSA) is 24.1 Å². The first-order valence-electron chi connectivity index (χ1n) is 3.91. The summed E-state index contributed by atoms with van der Waals surface area (Å²) in [5.41, 5.74) is 0. The fourth-order valence-electron chi connectivity index (χ4n) is 0.332. The SMILES string of the molecule is C[Si](C)(C)N[Se]N[Si](C)(C)C. The molecule has 0 aromatic heterocycles. The standard InChI is InChI=1S/C6H20N2SeSi2/c1-10(2,3)7-9-8-11(4,5)6/h7-8H,1-6H3. The fraction of sp³-hybridized carbons (Fsp3) is 1.00. The first-order chi connectivity index (χ1) is 4.71. The summed E-state index contributed by atoms with van der Waals surface area (Å²) in [6, 6.07) is 0. The second-order valence-corrected chi connectivity index (χ2v) is 17.2. The van der Waals surface area contributed by atoms with Crippen LogP contribution in [-0.4, -0.2) is 31.9 Å². The first kappa shape index (κ1) is 11.9. The van der Waals surface area contributed by atoms with Crippen LogP contribution in [0.5, 0.6) is 0 Å². The monoisotopic (exact) mass is 256 g/mol. The van der Waals surface area contributed by atoms with E-state index < -0.39 is 16.5 Å². The molecule has 0 saturated carbocycles. The van der Waals surface area contributed by atoms with E-state index in [1.165, 1.54) is 0 Å². The van der Waals surface area contributed by atoms with Crippen molar-refractivity contribution in [1.82, 2.24) is 8.00 Å². The Labute approximate surface area is 79.3 Å². The molecule has 0 fully saturated rings. The molecule has 2 nitrogen and oxygen atoms in total. The van der Waals surface area contributed by atoms with Gasteiger partial charge >= 0.3 is 79.1 Å². The zero-order valence-electron chi connectivity index (χ0n) is 8.41. The summed E-state index contributed by atoms with van der Waals surface area (Å²) in [6.07, 6.45) is 0. The summed E-state index contributed by atoms with van der Waals surface area (Å²) in [5, 5.41) is 0. The third kappa shape index (κ3) is 10.9. The van der Waals surface area contributed by atoms with E-state index in [2.05, 4.69) is 47.3 Å². The van der Waals surface area contributed by atoms with Gasteiger partial charge in [0.1, 0.15) is 0 Å². The Morgan fingerprint density at radius 1 is 0.727 bits per heavy atom. The van der Waals surface area contributed by atoms with Gasteiger partial charge in [0.05, 0.1) is 0 Å². The molecule has 0 rings (SSSR count). The molecule has 0 bridgehead atoms. The molecule has 0 aliphatic carbocycles. The maximum absolute atomic E-state index is 3.60. The average Bonchev–Trinajstić information content (AvgIpc) is 1.55. The van der Waals surface area contributed by atoms with Crippen molar-refractivity contribution in [2.24, 2.45) is 0 Å². The first-order valence-corrected chi connectivity index (χ1v) is 12.6. The summed E-state index contributed by atoms with van der Waals surface area (Å²) >= 11 is 0.467. The van der Waals surface area contributed by atoms with Gasteiger partial charge in [0.2, 0.25) is 0 Å². The molecule has 0 aromatic carbocycles. The molecular weight excluding hydrogens is 235 g/mol. The number of rotatable bonds is 4. The molecule has 0 saturated heterocycles. The Morgan fingerprint density at radius 3 is 1.18 bits per heavy atom. The van der Waals surface area contributed by atoms with Crippen molar-refractivity contribution in [2.45, 2.75) is 39.3 Å². The van der Waals surface area contributed by atoms with Crippen LogP contribution in [0.15, 0.2) is 0 Å². The van der Waals surface area contributed by atoms with E-state index in [0.29, 0.717) is 15.4 Å². The molecular formula is C6H20N2SeSi2. The van der Waals surface area contributed by atoms with Crippen LogP contribution in [0, 0.1) is 0 Å². The van der Waals surface area contributed by atoms with Crippen molar-refractivity contribution < 1.29 is 0 Å². The summed E-state index contributed by atoms with van der Waals surface area (Å²) in [5.74, 6) is 0. The van der Waals surface area contributed by atoms with Crippen molar-refractivity contribution in [3.05, 3.63) is 0 Å². The van der Waals surface area contributed by atoms with Gasteiger partial charge in [-0.05, 0) is 0 Å². The molecule has 0 spiro atoms. The van der Waals surface area contributed by atoms with E-state index >= 15 is 0 Å². The zero-order valence-corrected chi connectivity index (χ0v) is 12.1.